The highest BCUT2D eigenvalue weighted by atomic mass is 16.6. The van der Waals surface area contributed by atoms with Crippen molar-refractivity contribution in [1.29, 1.82) is 0 Å². The molecule has 2 saturated heterocycles. The molecule has 3 heteroatoms. The molecule has 0 bridgehead atoms. The predicted molar refractivity (Wildman–Crippen MR) is 46.0 cm³/mol. The van der Waals surface area contributed by atoms with Gasteiger partial charge >= 0.3 is 0 Å². The maximum Gasteiger partial charge on any atom is 0.0936 e. The van der Waals surface area contributed by atoms with E-state index < -0.39 is 0 Å². The summed E-state index contributed by atoms with van der Waals surface area (Å²) >= 11 is 0. The molecule has 0 aliphatic carbocycles. The van der Waals surface area contributed by atoms with Crippen LogP contribution in [-0.4, -0.2) is 49.0 Å². The van der Waals surface area contributed by atoms with E-state index in [-0.39, 0.29) is 0 Å². The van der Waals surface area contributed by atoms with Gasteiger partial charge in [-0.1, -0.05) is 0 Å². The number of hydrogen-bond donors (Lipinski definition) is 1. The zero-order valence-corrected chi connectivity index (χ0v) is 7.41. The number of nitrogens with zero attached hydrogens (tertiary/aromatic N) is 1. The lowest BCUT2D eigenvalue weighted by Gasteiger charge is -2.13. The van der Waals surface area contributed by atoms with Gasteiger partial charge in [0.15, 0.2) is 0 Å². The van der Waals surface area contributed by atoms with Crippen LogP contribution in [0.4, 0.5) is 0 Å². The lowest BCUT2D eigenvalue weighted by atomic mass is 10.1. The van der Waals surface area contributed by atoms with E-state index in [2.05, 4.69) is 4.90 Å². The van der Waals surface area contributed by atoms with Gasteiger partial charge in [0, 0.05) is 19.7 Å². The quantitative estimate of drug-likeness (QED) is 0.609. The molecule has 0 amide bonds. The van der Waals surface area contributed by atoms with Crippen LogP contribution in [0, 0.1) is 5.92 Å². The molecule has 12 heavy (non-hydrogen) atoms. The van der Waals surface area contributed by atoms with Crippen LogP contribution in [0.2, 0.25) is 0 Å². The molecule has 2 fully saturated rings. The van der Waals surface area contributed by atoms with Gasteiger partial charge in [-0.2, -0.15) is 0 Å². The first-order valence-corrected chi connectivity index (χ1v) is 4.83. The molecule has 0 saturated carbocycles. The Morgan fingerprint density at radius 2 is 2.33 bits per heavy atom. The molecule has 0 aromatic rings. The molecule has 0 spiro atoms. The Morgan fingerprint density at radius 3 is 3.00 bits per heavy atom. The van der Waals surface area contributed by atoms with Gasteiger partial charge in [-0.3, -0.25) is 0 Å². The molecule has 0 aromatic carbocycles. The van der Waals surface area contributed by atoms with E-state index in [9.17, 15) is 0 Å². The van der Waals surface area contributed by atoms with Crippen molar-refractivity contribution in [1.82, 2.24) is 4.90 Å². The Bertz CT molecular complexity index is 147. The molecule has 2 aliphatic heterocycles. The van der Waals surface area contributed by atoms with E-state index in [0.29, 0.717) is 12.7 Å². The van der Waals surface area contributed by atoms with Gasteiger partial charge in [0.25, 0.3) is 0 Å². The van der Waals surface area contributed by atoms with Crippen molar-refractivity contribution in [3.63, 3.8) is 0 Å². The third-order valence-corrected chi connectivity index (χ3v) is 2.77. The van der Waals surface area contributed by atoms with Crippen molar-refractivity contribution >= 4 is 0 Å². The van der Waals surface area contributed by atoms with Crippen LogP contribution in [0.5, 0.6) is 0 Å². The Labute approximate surface area is 73.3 Å². The summed E-state index contributed by atoms with van der Waals surface area (Å²) in [6.07, 6.45) is 2.76. The summed E-state index contributed by atoms with van der Waals surface area (Å²) in [6.45, 7) is 4.78. The SMILES string of the molecule is OCCC1CCN(CC2CO2)C1. The van der Waals surface area contributed by atoms with E-state index in [1.165, 1.54) is 19.5 Å². The van der Waals surface area contributed by atoms with Gasteiger partial charge in [-0.05, 0) is 25.3 Å². The highest BCUT2D eigenvalue weighted by molar-refractivity contribution is 4.81. The second-order valence-electron chi connectivity index (χ2n) is 3.88. The van der Waals surface area contributed by atoms with Crippen LogP contribution in [0.25, 0.3) is 0 Å². The number of aliphatic hydroxyl groups is 1. The molecule has 2 heterocycles. The fourth-order valence-electron chi connectivity index (χ4n) is 1.96. The van der Waals surface area contributed by atoms with Gasteiger partial charge in [-0.15, -0.1) is 0 Å². The molecule has 2 unspecified atom stereocenters. The first-order chi connectivity index (χ1) is 5.88. The fraction of sp³-hybridized carbons (Fsp3) is 1.00. The molecule has 2 atom stereocenters. The zero-order chi connectivity index (χ0) is 8.39. The van der Waals surface area contributed by atoms with Gasteiger partial charge in [0.1, 0.15) is 0 Å². The normalized spacial score (nSPS) is 35.8. The summed E-state index contributed by atoms with van der Waals surface area (Å²) in [5.41, 5.74) is 0. The smallest absolute Gasteiger partial charge is 0.0936 e. The minimum absolute atomic E-state index is 0.346. The Kier molecular flexibility index (Phi) is 2.63. The van der Waals surface area contributed by atoms with Gasteiger partial charge in [0.2, 0.25) is 0 Å². The molecular formula is C9H17NO2. The number of hydrogen-bond acceptors (Lipinski definition) is 3. The average Bonchev–Trinajstić information content (AvgIpc) is 2.74. The predicted octanol–water partition coefficient (Wildman–Crippen LogP) is 0.0895. The van der Waals surface area contributed by atoms with E-state index >= 15 is 0 Å². The van der Waals surface area contributed by atoms with Crippen molar-refractivity contribution in [2.24, 2.45) is 5.92 Å². The van der Waals surface area contributed by atoms with Crippen molar-refractivity contribution in [2.75, 3.05) is 32.8 Å². The molecule has 2 rings (SSSR count). The summed E-state index contributed by atoms with van der Waals surface area (Å²) in [6, 6.07) is 0. The molecule has 1 N–H and O–H groups in total. The van der Waals surface area contributed by atoms with Crippen LogP contribution in [0.3, 0.4) is 0 Å². The van der Waals surface area contributed by atoms with E-state index in [1.807, 2.05) is 0 Å². The number of rotatable bonds is 4. The lowest BCUT2D eigenvalue weighted by Crippen LogP contribution is -2.25. The highest BCUT2D eigenvalue weighted by Crippen LogP contribution is 2.21. The van der Waals surface area contributed by atoms with Crippen LogP contribution < -0.4 is 0 Å². The second-order valence-corrected chi connectivity index (χ2v) is 3.88. The maximum absolute atomic E-state index is 8.76. The largest absolute Gasteiger partial charge is 0.396 e. The van der Waals surface area contributed by atoms with Gasteiger partial charge < -0.3 is 14.7 Å². The van der Waals surface area contributed by atoms with Gasteiger partial charge in [0.05, 0.1) is 12.7 Å². The topological polar surface area (TPSA) is 36.0 Å². The van der Waals surface area contributed by atoms with Crippen molar-refractivity contribution in [3.8, 4) is 0 Å². The number of aliphatic hydroxyl groups excluding tert-OH is 1. The summed E-state index contributed by atoms with van der Waals surface area (Å²) in [5, 5.41) is 8.76. The van der Waals surface area contributed by atoms with E-state index in [4.69, 9.17) is 9.84 Å². The molecule has 70 valence electrons. The number of epoxide rings is 1. The van der Waals surface area contributed by atoms with Crippen LogP contribution >= 0.6 is 0 Å². The van der Waals surface area contributed by atoms with Crippen LogP contribution in [-0.2, 0) is 4.74 Å². The summed E-state index contributed by atoms with van der Waals surface area (Å²) in [4.78, 5) is 2.46. The second kappa shape index (κ2) is 3.73. The molecule has 0 aromatic heterocycles. The molecular weight excluding hydrogens is 154 g/mol. The fourth-order valence-corrected chi connectivity index (χ4v) is 1.96. The van der Waals surface area contributed by atoms with Crippen LogP contribution in [0.15, 0.2) is 0 Å². The summed E-state index contributed by atoms with van der Waals surface area (Å²) in [7, 11) is 0. The average molecular weight is 171 g/mol. The standard InChI is InChI=1S/C9H17NO2/c11-4-2-8-1-3-10(5-8)6-9-7-12-9/h8-9,11H,1-7H2. The summed E-state index contributed by atoms with van der Waals surface area (Å²) < 4.78 is 5.17. The first kappa shape index (κ1) is 8.48. The first-order valence-electron chi connectivity index (χ1n) is 4.83. The Morgan fingerprint density at radius 1 is 1.50 bits per heavy atom. The lowest BCUT2D eigenvalue weighted by molar-refractivity contribution is 0.243. The van der Waals surface area contributed by atoms with Gasteiger partial charge in [-0.25, -0.2) is 0 Å². The number of ether oxygens (including phenoxy) is 1. The third-order valence-electron chi connectivity index (χ3n) is 2.77. The molecule has 0 radical (unpaired) electrons. The summed E-state index contributed by atoms with van der Waals surface area (Å²) in [5.74, 6) is 0.730. The molecule has 3 nitrogen and oxygen atoms in total. The Balaban J connectivity index is 1.66. The minimum Gasteiger partial charge on any atom is -0.396 e. The van der Waals surface area contributed by atoms with E-state index in [1.54, 1.807) is 0 Å². The monoisotopic (exact) mass is 171 g/mol. The minimum atomic E-state index is 0.346. The highest BCUT2D eigenvalue weighted by Gasteiger charge is 2.29. The zero-order valence-electron chi connectivity index (χ0n) is 7.41. The Hall–Kier alpha value is -0.120. The van der Waals surface area contributed by atoms with E-state index in [0.717, 1.165) is 25.5 Å². The molecule has 2 aliphatic rings. The van der Waals surface area contributed by atoms with Crippen LogP contribution in [0.1, 0.15) is 12.8 Å². The van der Waals surface area contributed by atoms with Crippen molar-refractivity contribution in [2.45, 2.75) is 18.9 Å². The maximum atomic E-state index is 8.76. The van der Waals surface area contributed by atoms with Crippen molar-refractivity contribution < 1.29 is 9.84 Å². The third kappa shape index (κ3) is 2.19. The van der Waals surface area contributed by atoms with Crippen molar-refractivity contribution in [3.05, 3.63) is 0 Å². The number of likely N-dealkylation sites (tertiary alicyclic amines) is 1.